The van der Waals surface area contributed by atoms with Crippen molar-refractivity contribution < 1.29 is 24.3 Å². The number of nitrogens with one attached hydrogen (secondary N) is 2. The maximum Gasteiger partial charge on any atom is 0.278 e. The first kappa shape index (κ1) is 16.0. The lowest BCUT2D eigenvalue weighted by Crippen LogP contribution is -3.19. The Hall–Kier alpha value is -2.34. The number of hydrogen-bond donors (Lipinski definition) is 2. The third kappa shape index (κ3) is 4.08. The lowest BCUT2D eigenvalue weighted by molar-refractivity contribution is -0.911. The van der Waals surface area contributed by atoms with Crippen LogP contribution in [0.2, 0.25) is 0 Å². The number of rotatable bonds is 6. The van der Waals surface area contributed by atoms with E-state index in [-0.39, 0.29) is 12.3 Å². The fourth-order valence-electron chi connectivity index (χ4n) is 2.62. The Kier molecular flexibility index (Phi) is 5.55. The molecule has 22 heavy (non-hydrogen) atoms. The van der Waals surface area contributed by atoms with Crippen molar-refractivity contribution in [3.8, 4) is 5.75 Å². The number of carboxylic acids is 1. The second-order valence-electron chi connectivity index (χ2n) is 5.18. The van der Waals surface area contributed by atoms with Crippen LogP contribution in [0.25, 0.3) is 6.08 Å². The number of amides is 1. The van der Waals surface area contributed by atoms with Crippen molar-refractivity contribution in [3.63, 3.8) is 0 Å². The second-order valence-corrected chi connectivity index (χ2v) is 5.18. The second kappa shape index (κ2) is 7.61. The first-order chi connectivity index (χ1) is 10.6. The van der Waals surface area contributed by atoms with Gasteiger partial charge in [-0.2, -0.15) is 0 Å². The number of carbonyl (C=O) groups excluding carboxylic acids is 2. The molecule has 1 fully saturated rings. The van der Waals surface area contributed by atoms with Gasteiger partial charge in [0.2, 0.25) is 0 Å². The van der Waals surface area contributed by atoms with Crippen molar-refractivity contribution >= 4 is 18.0 Å². The number of ether oxygens (including phenoxy) is 1. The van der Waals surface area contributed by atoms with E-state index in [4.69, 9.17) is 4.74 Å². The largest absolute Gasteiger partial charge is 0.550 e. The minimum Gasteiger partial charge on any atom is -0.550 e. The van der Waals surface area contributed by atoms with E-state index in [1.807, 2.05) is 36.4 Å². The summed E-state index contributed by atoms with van der Waals surface area (Å²) in [5.41, 5.74) is 0.947. The highest BCUT2D eigenvalue weighted by Crippen LogP contribution is 2.18. The molecule has 1 aliphatic rings. The summed E-state index contributed by atoms with van der Waals surface area (Å²) in [4.78, 5) is 23.5. The van der Waals surface area contributed by atoms with Crippen molar-refractivity contribution in [2.24, 2.45) is 0 Å². The normalized spacial score (nSPS) is 21.6. The Morgan fingerprint density at radius 2 is 2.27 bits per heavy atom. The highest BCUT2D eigenvalue weighted by atomic mass is 16.5. The van der Waals surface area contributed by atoms with Crippen LogP contribution in [0.15, 0.2) is 30.3 Å². The molecule has 1 heterocycles. The average Bonchev–Trinajstić information content (AvgIpc) is 2.50. The number of piperazine rings is 1. The quantitative estimate of drug-likeness (QED) is 0.652. The molecule has 6 heteroatoms. The van der Waals surface area contributed by atoms with Gasteiger partial charge in [0.25, 0.3) is 5.91 Å². The van der Waals surface area contributed by atoms with E-state index >= 15 is 0 Å². The van der Waals surface area contributed by atoms with Crippen LogP contribution in [0.3, 0.4) is 0 Å². The maximum absolute atomic E-state index is 11.8. The van der Waals surface area contributed by atoms with Crippen LogP contribution in [0.5, 0.6) is 5.75 Å². The maximum atomic E-state index is 11.8. The van der Waals surface area contributed by atoms with Crippen LogP contribution in [-0.4, -0.2) is 44.7 Å². The molecular weight excluding hydrogens is 284 g/mol. The van der Waals surface area contributed by atoms with E-state index in [0.29, 0.717) is 19.6 Å². The minimum atomic E-state index is -1.20. The first-order valence-corrected chi connectivity index (χ1v) is 7.23. The van der Waals surface area contributed by atoms with E-state index in [1.165, 1.54) is 0 Å². The third-order valence-electron chi connectivity index (χ3n) is 3.74. The summed E-state index contributed by atoms with van der Waals surface area (Å²) in [6, 6.07) is 7.03. The zero-order chi connectivity index (χ0) is 15.9. The Bertz CT molecular complexity index is 571. The summed E-state index contributed by atoms with van der Waals surface area (Å²) in [5, 5.41) is 13.5. The molecule has 6 nitrogen and oxygen atoms in total. The summed E-state index contributed by atoms with van der Waals surface area (Å²) in [6.07, 6.45) is 3.60. The van der Waals surface area contributed by atoms with Crippen LogP contribution in [0.4, 0.5) is 0 Å². The predicted octanol–water partition coefficient (Wildman–Crippen LogP) is -1.77. The molecule has 2 atom stereocenters. The Labute approximate surface area is 129 Å². The van der Waals surface area contributed by atoms with Crippen molar-refractivity contribution in [3.05, 3.63) is 35.9 Å². The summed E-state index contributed by atoms with van der Waals surface area (Å²) in [7, 11) is 1.61. The Morgan fingerprint density at radius 1 is 1.50 bits per heavy atom. The van der Waals surface area contributed by atoms with Gasteiger partial charge in [-0.05, 0) is 18.2 Å². The minimum absolute atomic E-state index is 0.226. The molecule has 1 aromatic rings. The third-order valence-corrected chi connectivity index (χ3v) is 3.74. The summed E-state index contributed by atoms with van der Waals surface area (Å²) >= 11 is 0. The van der Waals surface area contributed by atoms with E-state index < -0.39 is 12.0 Å². The van der Waals surface area contributed by atoms with Gasteiger partial charge < -0.3 is 24.9 Å². The van der Waals surface area contributed by atoms with Gasteiger partial charge in [-0.15, -0.1) is 0 Å². The number of para-hydroxylation sites is 1. The summed E-state index contributed by atoms with van der Waals surface area (Å²) in [6.45, 7) is 1.82. The number of hydrogen-bond acceptors (Lipinski definition) is 4. The summed E-state index contributed by atoms with van der Waals surface area (Å²) in [5.74, 6) is -0.652. The van der Waals surface area contributed by atoms with Gasteiger partial charge in [0, 0.05) is 18.0 Å². The molecule has 1 aliphatic heterocycles. The molecule has 0 aromatic heterocycles. The smallest absolute Gasteiger partial charge is 0.278 e. The van der Waals surface area contributed by atoms with Gasteiger partial charge in [-0.3, -0.25) is 4.79 Å². The number of benzene rings is 1. The highest BCUT2D eigenvalue weighted by Gasteiger charge is 2.32. The number of methoxy groups -OCH3 is 1. The fourth-order valence-corrected chi connectivity index (χ4v) is 2.62. The molecule has 2 N–H and O–H groups in total. The zero-order valence-corrected chi connectivity index (χ0v) is 12.5. The number of carbonyl (C=O) groups is 2. The van der Waals surface area contributed by atoms with Gasteiger partial charge in [-0.1, -0.05) is 18.2 Å². The number of carboxylic acid groups (broad SMARTS) is 1. The van der Waals surface area contributed by atoms with Crippen molar-refractivity contribution in [1.29, 1.82) is 0 Å². The lowest BCUT2D eigenvalue weighted by Gasteiger charge is -2.31. The van der Waals surface area contributed by atoms with Gasteiger partial charge in [-0.25, -0.2) is 0 Å². The predicted molar refractivity (Wildman–Crippen MR) is 79.1 cm³/mol. The van der Waals surface area contributed by atoms with Gasteiger partial charge in [0.15, 0.2) is 6.04 Å². The Balaban J connectivity index is 2.03. The van der Waals surface area contributed by atoms with Gasteiger partial charge >= 0.3 is 0 Å². The van der Waals surface area contributed by atoms with Gasteiger partial charge in [0.1, 0.15) is 5.75 Å². The molecule has 118 valence electrons. The van der Waals surface area contributed by atoms with Crippen LogP contribution >= 0.6 is 0 Å². The SMILES string of the molecule is COc1ccccc1/C=C/C[NH+]1CCNC(=O)[C@@H]1CC(=O)[O-]. The number of aliphatic carboxylic acids is 1. The van der Waals surface area contributed by atoms with Crippen molar-refractivity contribution in [2.75, 3.05) is 26.7 Å². The molecular formula is C16H20N2O4. The first-order valence-electron chi connectivity index (χ1n) is 7.23. The molecule has 0 spiro atoms. The molecule has 1 aromatic carbocycles. The number of quaternary nitrogens is 1. The lowest BCUT2D eigenvalue weighted by atomic mass is 10.1. The Morgan fingerprint density at radius 3 is 3.00 bits per heavy atom. The molecule has 1 unspecified atom stereocenters. The van der Waals surface area contributed by atoms with Crippen LogP contribution in [-0.2, 0) is 9.59 Å². The topological polar surface area (TPSA) is 82.9 Å². The molecule has 2 rings (SSSR count). The van der Waals surface area contributed by atoms with Crippen LogP contribution in [0, 0.1) is 0 Å². The van der Waals surface area contributed by atoms with E-state index in [0.717, 1.165) is 16.2 Å². The molecule has 0 bridgehead atoms. The monoisotopic (exact) mass is 304 g/mol. The average molecular weight is 304 g/mol. The highest BCUT2D eigenvalue weighted by molar-refractivity contribution is 5.84. The summed E-state index contributed by atoms with van der Waals surface area (Å²) < 4.78 is 5.27. The van der Waals surface area contributed by atoms with Crippen molar-refractivity contribution in [2.45, 2.75) is 12.5 Å². The van der Waals surface area contributed by atoms with Crippen molar-refractivity contribution in [1.82, 2.24) is 5.32 Å². The van der Waals surface area contributed by atoms with E-state index in [2.05, 4.69) is 5.32 Å². The fraction of sp³-hybridized carbons (Fsp3) is 0.375. The molecule has 1 amide bonds. The van der Waals surface area contributed by atoms with Crippen LogP contribution < -0.4 is 20.1 Å². The molecule has 0 aliphatic carbocycles. The van der Waals surface area contributed by atoms with Crippen LogP contribution in [0.1, 0.15) is 12.0 Å². The standard InChI is InChI=1S/C16H20N2O4/c1-22-14-7-3-2-5-12(14)6-4-9-18-10-8-17-16(21)13(18)11-15(19)20/h2-7,13H,8-11H2,1H3,(H,17,21)(H,19,20)/b6-4+/t13-/m0/s1. The zero-order valence-electron chi connectivity index (χ0n) is 12.5. The van der Waals surface area contributed by atoms with Gasteiger partial charge in [0.05, 0.1) is 26.7 Å². The van der Waals surface area contributed by atoms with E-state index in [9.17, 15) is 14.7 Å². The van der Waals surface area contributed by atoms with E-state index in [1.54, 1.807) is 7.11 Å². The molecule has 0 radical (unpaired) electrons. The molecule has 0 saturated carbocycles. The molecule has 1 saturated heterocycles.